The Bertz CT molecular complexity index is 1080. The van der Waals surface area contributed by atoms with E-state index in [2.05, 4.69) is 27.7 Å². The first-order valence-corrected chi connectivity index (χ1v) is 11.6. The molecule has 3 aliphatic rings. The molecule has 170 valence electrons. The average Bonchev–Trinajstić information content (AvgIpc) is 2.84. The van der Waals surface area contributed by atoms with Crippen molar-refractivity contribution in [3.63, 3.8) is 0 Å². The summed E-state index contributed by atoms with van der Waals surface area (Å²) < 4.78 is 13.4. The summed E-state index contributed by atoms with van der Waals surface area (Å²) in [7, 11) is 1.91. The minimum Gasteiger partial charge on any atom is -0.493 e. The molecule has 1 aromatic heterocycles. The molecule has 3 heterocycles. The number of anilines is 1. The van der Waals surface area contributed by atoms with Crippen LogP contribution in [0.4, 0.5) is 5.69 Å². The first-order chi connectivity index (χ1) is 15.7. The van der Waals surface area contributed by atoms with E-state index in [4.69, 9.17) is 9.47 Å². The third-order valence-corrected chi connectivity index (χ3v) is 6.74. The van der Waals surface area contributed by atoms with Crippen LogP contribution in [0.15, 0.2) is 58.6 Å². The van der Waals surface area contributed by atoms with Gasteiger partial charge in [0.1, 0.15) is 18.5 Å². The highest BCUT2D eigenvalue weighted by atomic mass is 16.6. The molecule has 7 nitrogen and oxygen atoms in total. The summed E-state index contributed by atoms with van der Waals surface area (Å²) in [6.07, 6.45) is 7.56. The molecule has 0 spiro atoms. The van der Waals surface area contributed by atoms with Gasteiger partial charge < -0.3 is 20.1 Å². The monoisotopic (exact) mass is 436 g/mol. The lowest BCUT2D eigenvalue weighted by Crippen LogP contribution is -2.44. The minimum atomic E-state index is 0.0514. The van der Waals surface area contributed by atoms with E-state index in [0.717, 1.165) is 61.2 Å². The molecule has 2 aromatic rings. The van der Waals surface area contributed by atoms with Gasteiger partial charge in [0.15, 0.2) is 0 Å². The SMILES string of the molecule is CNc1cccc2c1ccc(=O)n2CN1CCC(NCC2=CCC3OCCOC3=C2)CC1. The Morgan fingerprint density at radius 1 is 1.12 bits per heavy atom. The number of nitrogens with zero attached hydrogens (tertiary/aromatic N) is 2. The maximum absolute atomic E-state index is 12.6. The number of piperidine rings is 1. The molecule has 0 radical (unpaired) electrons. The summed E-state index contributed by atoms with van der Waals surface area (Å²) >= 11 is 0. The van der Waals surface area contributed by atoms with Crippen molar-refractivity contribution in [1.82, 2.24) is 14.8 Å². The van der Waals surface area contributed by atoms with E-state index in [0.29, 0.717) is 25.9 Å². The van der Waals surface area contributed by atoms with E-state index in [-0.39, 0.29) is 11.7 Å². The van der Waals surface area contributed by atoms with E-state index in [1.807, 2.05) is 35.9 Å². The van der Waals surface area contributed by atoms with Crippen LogP contribution in [-0.2, 0) is 16.1 Å². The van der Waals surface area contributed by atoms with Gasteiger partial charge in [0.25, 0.3) is 5.56 Å². The van der Waals surface area contributed by atoms with Crippen LogP contribution in [0.2, 0.25) is 0 Å². The number of nitrogens with one attached hydrogen (secondary N) is 2. The summed E-state index contributed by atoms with van der Waals surface area (Å²) in [5, 5.41) is 8.02. The highest BCUT2D eigenvalue weighted by Gasteiger charge is 2.24. The Morgan fingerprint density at radius 3 is 2.84 bits per heavy atom. The molecule has 0 bridgehead atoms. The number of hydrogen-bond donors (Lipinski definition) is 2. The van der Waals surface area contributed by atoms with Crippen LogP contribution in [0.5, 0.6) is 0 Å². The number of likely N-dealkylation sites (tertiary alicyclic amines) is 1. The van der Waals surface area contributed by atoms with Gasteiger partial charge in [0.05, 0.1) is 18.8 Å². The quantitative estimate of drug-likeness (QED) is 0.726. The highest BCUT2D eigenvalue weighted by Crippen LogP contribution is 2.25. The highest BCUT2D eigenvalue weighted by molar-refractivity contribution is 5.91. The third-order valence-electron chi connectivity index (χ3n) is 6.74. The molecule has 2 saturated heterocycles. The first-order valence-electron chi connectivity index (χ1n) is 11.6. The summed E-state index contributed by atoms with van der Waals surface area (Å²) in [6, 6.07) is 10.2. The van der Waals surface area contributed by atoms with Crippen molar-refractivity contribution in [3.05, 3.63) is 64.2 Å². The van der Waals surface area contributed by atoms with Crippen molar-refractivity contribution in [2.75, 3.05) is 45.2 Å². The molecule has 1 aromatic carbocycles. The molecule has 5 rings (SSSR count). The number of aromatic nitrogens is 1. The van der Waals surface area contributed by atoms with E-state index < -0.39 is 0 Å². The largest absolute Gasteiger partial charge is 0.493 e. The number of pyridine rings is 1. The van der Waals surface area contributed by atoms with E-state index in [9.17, 15) is 4.79 Å². The summed E-state index contributed by atoms with van der Waals surface area (Å²) in [5.74, 6) is 0.979. The summed E-state index contributed by atoms with van der Waals surface area (Å²) in [4.78, 5) is 15.0. The molecule has 2 aliphatic heterocycles. The van der Waals surface area contributed by atoms with Crippen molar-refractivity contribution in [1.29, 1.82) is 0 Å². The van der Waals surface area contributed by atoms with E-state index in [1.165, 1.54) is 5.57 Å². The van der Waals surface area contributed by atoms with Crippen molar-refractivity contribution in [2.24, 2.45) is 0 Å². The molecule has 7 heteroatoms. The van der Waals surface area contributed by atoms with Crippen molar-refractivity contribution >= 4 is 16.6 Å². The zero-order valence-electron chi connectivity index (χ0n) is 18.7. The molecular weight excluding hydrogens is 404 g/mol. The minimum absolute atomic E-state index is 0.0514. The van der Waals surface area contributed by atoms with Crippen LogP contribution >= 0.6 is 0 Å². The van der Waals surface area contributed by atoms with Gasteiger partial charge in [-0.15, -0.1) is 0 Å². The van der Waals surface area contributed by atoms with Gasteiger partial charge in [-0.1, -0.05) is 12.1 Å². The zero-order valence-corrected chi connectivity index (χ0v) is 18.7. The molecule has 1 aliphatic carbocycles. The predicted molar refractivity (Wildman–Crippen MR) is 127 cm³/mol. The van der Waals surface area contributed by atoms with Crippen molar-refractivity contribution < 1.29 is 9.47 Å². The van der Waals surface area contributed by atoms with Crippen LogP contribution in [-0.4, -0.2) is 61.5 Å². The third kappa shape index (κ3) is 4.46. The number of benzene rings is 1. The second-order valence-electron chi connectivity index (χ2n) is 8.77. The van der Waals surface area contributed by atoms with Crippen molar-refractivity contribution in [2.45, 2.75) is 38.1 Å². The fourth-order valence-electron chi connectivity index (χ4n) is 4.90. The topological polar surface area (TPSA) is 67.8 Å². The van der Waals surface area contributed by atoms with Gasteiger partial charge >= 0.3 is 0 Å². The average molecular weight is 437 g/mol. The maximum atomic E-state index is 12.6. The van der Waals surface area contributed by atoms with Gasteiger partial charge in [-0.2, -0.15) is 0 Å². The normalized spacial score (nSPS) is 22.1. The fraction of sp³-hybridized carbons (Fsp3) is 0.480. The lowest BCUT2D eigenvalue weighted by molar-refractivity contribution is -0.0417. The molecule has 2 N–H and O–H groups in total. The number of ether oxygens (including phenoxy) is 2. The van der Waals surface area contributed by atoms with E-state index in [1.54, 1.807) is 6.07 Å². The second kappa shape index (κ2) is 9.48. The smallest absolute Gasteiger partial charge is 0.252 e. The summed E-state index contributed by atoms with van der Waals surface area (Å²) in [5.41, 5.74) is 3.36. The molecular formula is C25H32N4O3. The van der Waals surface area contributed by atoms with Gasteiger partial charge in [-0.3, -0.25) is 14.3 Å². The number of fused-ring (bicyclic) bond motifs is 2. The van der Waals surface area contributed by atoms with Crippen LogP contribution in [0.1, 0.15) is 19.3 Å². The van der Waals surface area contributed by atoms with Crippen molar-refractivity contribution in [3.8, 4) is 0 Å². The van der Waals surface area contributed by atoms with Crippen LogP contribution in [0.3, 0.4) is 0 Å². The lowest BCUT2D eigenvalue weighted by Gasteiger charge is -2.33. The molecule has 32 heavy (non-hydrogen) atoms. The van der Waals surface area contributed by atoms with Crippen LogP contribution < -0.4 is 16.2 Å². The predicted octanol–water partition coefficient (Wildman–Crippen LogP) is 2.68. The molecule has 0 saturated carbocycles. The maximum Gasteiger partial charge on any atom is 0.252 e. The zero-order chi connectivity index (χ0) is 21.9. The van der Waals surface area contributed by atoms with Crippen LogP contribution in [0.25, 0.3) is 10.9 Å². The van der Waals surface area contributed by atoms with Gasteiger partial charge in [0, 0.05) is 49.9 Å². The molecule has 1 unspecified atom stereocenters. The fourth-order valence-corrected chi connectivity index (χ4v) is 4.90. The molecule has 2 fully saturated rings. The lowest BCUT2D eigenvalue weighted by atomic mass is 10.0. The van der Waals surface area contributed by atoms with Gasteiger partial charge in [-0.05, 0) is 49.1 Å². The Balaban J connectivity index is 1.17. The van der Waals surface area contributed by atoms with Gasteiger partial charge in [0.2, 0.25) is 0 Å². The Labute approximate surface area is 188 Å². The summed E-state index contributed by atoms with van der Waals surface area (Å²) in [6.45, 7) is 4.78. The second-order valence-corrected chi connectivity index (χ2v) is 8.77. The first kappa shape index (κ1) is 21.2. The Hall–Kier alpha value is -2.61. The molecule has 1 atom stereocenters. The van der Waals surface area contributed by atoms with Crippen LogP contribution in [0, 0.1) is 0 Å². The number of rotatable bonds is 6. The Kier molecular flexibility index (Phi) is 6.30. The van der Waals surface area contributed by atoms with Gasteiger partial charge in [-0.25, -0.2) is 0 Å². The number of hydrogen-bond acceptors (Lipinski definition) is 6. The molecule has 0 amide bonds. The standard InChI is InChI=1S/C25H32N4O3/c1-26-21-3-2-4-22-20(21)6-8-25(30)29(22)17-28-11-9-19(10-12-28)27-16-18-5-7-23-24(15-18)32-14-13-31-23/h2-6,8,15,19,23,26-27H,7,9-14,16-17H2,1H3. The van der Waals surface area contributed by atoms with E-state index >= 15 is 0 Å². The Morgan fingerprint density at radius 2 is 2.00 bits per heavy atom.